The van der Waals surface area contributed by atoms with E-state index in [0.29, 0.717) is 23.5 Å². The molecule has 5 heteroatoms. The van der Waals surface area contributed by atoms with Gasteiger partial charge in [0.1, 0.15) is 11.5 Å². The molecule has 0 spiro atoms. The van der Waals surface area contributed by atoms with Crippen LogP contribution in [0.4, 0.5) is 0 Å². The Hall–Kier alpha value is -3.15. The summed E-state index contributed by atoms with van der Waals surface area (Å²) in [6.45, 7) is 4.09. The topological polar surface area (TPSA) is 65.0 Å². The predicted octanol–water partition coefficient (Wildman–Crippen LogP) is 5.51. The van der Waals surface area contributed by atoms with Crippen molar-refractivity contribution in [2.24, 2.45) is 0 Å². The highest BCUT2D eigenvalue weighted by molar-refractivity contribution is 5.90. The Bertz CT molecular complexity index is 1090. The molecule has 166 valence electrons. The van der Waals surface area contributed by atoms with Crippen molar-refractivity contribution in [2.75, 3.05) is 7.11 Å². The lowest BCUT2D eigenvalue weighted by atomic mass is 9.94. The Morgan fingerprint density at radius 1 is 1.06 bits per heavy atom. The lowest BCUT2D eigenvalue weighted by Crippen LogP contribution is -2.20. The van der Waals surface area contributed by atoms with E-state index < -0.39 is 6.29 Å². The van der Waals surface area contributed by atoms with Crippen molar-refractivity contribution in [3.63, 3.8) is 0 Å². The molecule has 2 aliphatic carbocycles. The summed E-state index contributed by atoms with van der Waals surface area (Å²) in [5, 5.41) is 10.6. The molecule has 0 aliphatic heterocycles. The molecule has 0 saturated heterocycles. The molecule has 0 heterocycles. The highest BCUT2D eigenvalue weighted by Crippen LogP contribution is 2.30. The molecule has 2 unspecified atom stereocenters. The molecule has 0 bridgehead atoms. The number of benzene rings is 2. The van der Waals surface area contributed by atoms with Gasteiger partial charge < -0.3 is 19.3 Å². The van der Waals surface area contributed by atoms with Gasteiger partial charge in [-0.25, -0.2) is 4.79 Å². The highest BCUT2D eigenvalue weighted by Gasteiger charge is 2.21. The minimum atomic E-state index is -0.987. The summed E-state index contributed by atoms with van der Waals surface area (Å²) in [6, 6.07) is 12.6. The number of aliphatic hydroxyl groups is 1. The van der Waals surface area contributed by atoms with Gasteiger partial charge in [-0.2, -0.15) is 0 Å². The number of fused-ring (bicyclic) bond motifs is 1. The van der Waals surface area contributed by atoms with E-state index in [1.807, 2.05) is 31.2 Å². The van der Waals surface area contributed by atoms with Crippen LogP contribution in [0.25, 0.3) is 6.08 Å². The van der Waals surface area contributed by atoms with E-state index in [2.05, 4.69) is 19.1 Å². The number of methoxy groups -OCH3 is 1. The third-order valence-corrected chi connectivity index (χ3v) is 5.87. The lowest BCUT2D eigenvalue weighted by molar-refractivity contribution is -0.128. The summed E-state index contributed by atoms with van der Waals surface area (Å²) in [5.74, 6) is 0.937. The van der Waals surface area contributed by atoms with Crippen LogP contribution < -0.4 is 4.74 Å². The van der Waals surface area contributed by atoms with Crippen LogP contribution >= 0.6 is 0 Å². The van der Waals surface area contributed by atoms with Gasteiger partial charge in [0, 0.05) is 12.0 Å². The van der Waals surface area contributed by atoms with Crippen LogP contribution in [-0.4, -0.2) is 24.3 Å². The van der Waals surface area contributed by atoms with E-state index in [1.54, 1.807) is 31.4 Å². The fourth-order valence-corrected chi connectivity index (χ4v) is 4.01. The first kappa shape index (κ1) is 22.1. The van der Waals surface area contributed by atoms with Crippen molar-refractivity contribution < 1.29 is 24.1 Å². The average molecular weight is 433 g/mol. The smallest absolute Gasteiger partial charge is 0.343 e. The molecular weight excluding hydrogens is 404 g/mol. The Labute approximate surface area is 188 Å². The first-order valence-corrected chi connectivity index (χ1v) is 10.8. The van der Waals surface area contributed by atoms with Crippen LogP contribution in [0.5, 0.6) is 5.75 Å². The SMILES string of the molecule is COc1ccc(C(=O)OC2=Cc3ccc(C(O)OC4CC=C(C)C=C4C)cc3CC2)cc1. The Kier molecular flexibility index (Phi) is 6.58. The number of rotatable bonds is 6. The zero-order valence-electron chi connectivity index (χ0n) is 18.6. The van der Waals surface area contributed by atoms with E-state index >= 15 is 0 Å². The Morgan fingerprint density at radius 2 is 1.84 bits per heavy atom. The van der Waals surface area contributed by atoms with E-state index in [4.69, 9.17) is 14.2 Å². The second-order valence-corrected chi connectivity index (χ2v) is 8.24. The van der Waals surface area contributed by atoms with Crippen molar-refractivity contribution in [1.82, 2.24) is 0 Å². The van der Waals surface area contributed by atoms with Crippen molar-refractivity contribution in [1.29, 1.82) is 0 Å². The molecule has 2 aromatic rings. The van der Waals surface area contributed by atoms with Crippen LogP contribution in [0, 0.1) is 0 Å². The molecule has 0 radical (unpaired) electrons. The minimum absolute atomic E-state index is 0.117. The Morgan fingerprint density at radius 3 is 2.56 bits per heavy atom. The van der Waals surface area contributed by atoms with Gasteiger partial charge in [-0.3, -0.25) is 0 Å². The summed E-state index contributed by atoms with van der Waals surface area (Å²) < 4.78 is 16.6. The first-order valence-electron chi connectivity index (χ1n) is 10.8. The van der Waals surface area contributed by atoms with Crippen LogP contribution in [-0.2, 0) is 15.9 Å². The predicted molar refractivity (Wildman–Crippen MR) is 123 cm³/mol. The Balaban J connectivity index is 1.42. The van der Waals surface area contributed by atoms with Crippen molar-refractivity contribution in [3.8, 4) is 5.75 Å². The largest absolute Gasteiger partial charge is 0.497 e. The van der Waals surface area contributed by atoms with Gasteiger partial charge in [-0.15, -0.1) is 0 Å². The molecule has 0 fully saturated rings. The molecule has 0 saturated carbocycles. The van der Waals surface area contributed by atoms with E-state index in [1.165, 1.54) is 5.57 Å². The van der Waals surface area contributed by atoms with Crippen molar-refractivity contribution >= 4 is 12.0 Å². The van der Waals surface area contributed by atoms with Gasteiger partial charge in [0.2, 0.25) is 0 Å². The number of hydrogen-bond donors (Lipinski definition) is 1. The number of allylic oxidation sites excluding steroid dienone is 3. The number of esters is 1. The number of carbonyl (C=O) groups is 1. The molecule has 2 atom stereocenters. The second-order valence-electron chi connectivity index (χ2n) is 8.24. The molecule has 0 aromatic heterocycles. The number of aliphatic hydroxyl groups excluding tert-OH is 1. The minimum Gasteiger partial charge on any atom is -0.497 e. The highest BCUT2D eigenvalue weighted by atomic mass is 16.6. The van der Waals surface area contributed by atoms with Crippen LogP contribution in [0.15, 0.2) is 71.5 Å². The summed E-state index contributed by atoms with van der Waals surface area (Å²) in [6.07, 6.45) is 7.10. The zero-order valence-corrected chi connectivity index (χ0v) is 18.6. The zero-order chi connectivity index (χ0) is 22.7. The molecule has 4 rings (SSSR count). The van der Waals surface area contributed by atoms with Crippen LogP contribution in [0.1, 0.15) is 60.0 Å². The van der Waals surface area contributed by atoms with Crippen molar-refractivity contribution in [2.45, 2.75) is 45.5 Å². The summed E-state index contributed by atoms with van der Waals surface area (Å²) >= 11 is 0. The second kappa shape index (κ2) is 9.55. The molecule has 0 amide bonds. The third kappa shape index (κ3) is 5.01. The van der Waals surface area contributed by atoms with Crippen molar-refractivity contribution in [3.05, 3.63) is 93.8 Å². The average Bonchev–Trinajstić information content (AvgIpc) is 2.80. The molecular formula is C27H28O5. The number of hydrogen-bond acceptors (Lipinski definition) is 5. The third-order valence-electron chi connectivity index (χ3n) is 5.87. The summed E-state index contributed by atoms with van der Waals surface area (Å²) in [5.41, 5.74) is 5.63. The molecule has 1 N–H and O–H groups in total. The normalized spacial score (nSPS) is 18.6. The fourth-order valence-electron chi connectivity index (χ4n) is 4.01. The van der Waals surface area contributed by atoms with Gasteiger partial charge >= 0.3 is 5.97 Å². The van der Waals surface area contributed by atoms with Crippen LogP contribution in [0.2, 0.25) is 0 Å². The van der Waals surface area contributed by atoms with Gasteiger partial charge in [0.25, 0.3) is 0 Å². The standard InChI is InChI=1S/C27H28O5/c1-17-4-13-25(18(2)14-17)32-27(29)22-6-5-21-16-24(12-9-20(21)15-22)31-26(28)19-7-10-23(30-3)11-8-19/h4-8,10-11,14-16,25,27,29H,9,12-13H2,1-3H3. The number of ether oxygens (including phenoxy) is 3. The molecule has 2 aliphatic rings. The summed E-state index contributed by atoms with van der Waals surface area (Å²) in [7, 11) is 1.58. The maximum atomic E-state index is 12.4. The van der Waals surface area contributed by atoms with Gasteiger partial charge in [-0.1, -0.05) is 35.9 Å². The fraction of sp³-hybridized carbons (Fsp3) is 0.296. The van der Waals surface area contributed by atoms with Crippen LogP contribution in [0.3, 0.4) is 0 Å². The van der Waals surface area contributed by atoms with Gasteiger partial charge in [-0.05, 0) is 73.7 Å². The number of aryl methyl sites for hydroxylation is 1. The first-order chi connectivity index (χ1) is 15.4. The quantitative estimate of drug-likeness (QED) is 0.482. The van der Waals surface area contributed by atoms with E-state index in [0.717, 1.165) is 35.1 Å². The maximum absolute atomic E-state index is 12.4. The molecule has 32 heavy (non-hydrogen) atoms. The van der Waals surface area contributed by atoms with Gasteiger partial charge in [0.15, 0.2) is 6.29 Å². The number of carbonyl (C=O) groups excluding carboxylic acids is 1. The monoisotopic (exact) mass is 432 g/mol. The molecule has 5 nitrogen and oxygen atoms in total. The summed E-state index contributed by atoms with van der Waals surface area (Å²) in [4.78, 5) is 12.4. The molecule has 2 aromatic carbocycles. The van der Waals surface area contributed by atoms with E-state index in [9.17, 15) is 9.90 Å². The van der Waals surface area contributed by atoms with E-state index in [-0.39, 0.29) is 12.1 Å². The lowest BCUT2D eigenvalue weighted by Gasteiger charge is -2.25. The van der Waals surface area contributed by atoms with Gasteiger partial charge in [0.05, 0.1) is 18.8 Å². The maximum Gasteiger partial charge on any atom is 0.343 e.